The van der Waals surface area contributed by atoms with Crippen molar-refractivity contribution in [3.63, 3.8) is 0 Å². The maximum atomic E-state index is 14.8. The molecule has 0 atom stereocenters. The average molecular weight is 611 g/mol. The van der Waals surface area contributed by atoms with E-state index in [4.69, 9.17) is 0 Å². The van der Waals surface area contributed by atoms with Crippen LogP contribution in [0.15, 0.2) is 58.1 Å². The molecule has 236 valence electrons. The number of nitrogens with one attached hydrogen (secondary N) is 2. The second-order valence-corrected chi connectivity index (χ2v) is 17.7. The second kappa shape index (κ2) is 9.21. The van der Waals surface area contributed by atoms with E-state index in [0.29, 0.717) is 21.5 Å². The molecule has 0 radical (unpaired) electrons. The summed E-state index contributed by atoms with van der Waals surface area (Å²) in [5.74, 6) is 0. The summed E-state index contributed by atoms with van der Waals surface area (Å²) >= 11 is 0. The van der Waals surface area contributed by atoms with E-state index in [1.165, 1.54) is 0 Å². The minimum atomic E-state index is -0.200. The second-order valence-electron chi connectivity index (χ2n) is 17.7. The lowest BCUT2D eigenvalue weighted by atomic mass is 9.81. The van der Waals surface area contributed by atoms with Gasteiger partial charge in [0.05, 0.1) is 22.1 Å². The molecule has 2 N–H and O–H groups in total. The molecule has 4 nitrogen and oxygen atoms in total. The predicted molar refractivity (Wildman–Crippen MR) is 199 cm³/mol. The van der Waals surface area contributed by atoms with Crippen LogP contribution >= 0.6 is 0 Å². The monoisotopic (exact) mass is 610 g/mol. The first-order valence-electron chi connectivity index (χ1n) is 16.5. The van der Waals surface area contributed by atoms with Crippen molar-refractivity contribution in [1.82, 2.24) is 9.97 Å². The Hall–Kier alpha value is -4.18. The van der Waals surface area contributed by atoms with Crippen LogP contribution in [0.4, 0.5) is 0 Å². The van der Waals surface area contributed by atoms with Crippen LogP contribution in [0.25, 0.3) is 65.2 Å². The molecule has 0 saturated carbocycles. The standard InChI is InChI=1S/C42H46N2O2/c1-39(2,3)21-13-25-26-14-22(40(4,5)6)19-31-34(26)44-36-28(16-24(42(10,11)12)20-32(36)38(31)46)27-15-23(41(7,8)9)18-30-35(27)43-33(25)29(17-21)37(30)45/h13-20H,1-12H3,(H,43,45)(H,44,46). The number of pyridine rings is 2. The summed E-state index contributed by atoms with van der Waals surface area (Å²) in [7, 11) is 0. The van der Waals surface area contributed by atoms with Gasteiger partial charge in [0.1, 0.15) is 0 Å². The van der Waals surface area contributed by atoms with Gasteiger partial charge in [-0.25, -0.2) is 0 Å². The first-order valence-corrected chi connectivity index (χ1v) is 16.5. The van der Waals surface area contributed by atoms with Gasteiger partial charge in [0.15, 0.2) is 10.9 Å². The molecule has 7 aromatic rings. The normalized spacial score (nSPS) is 13.8. The van der Waals surface area contributed by atoms with Crippen molar-refractivity contribution in [2.24, 2.45) is 0 Å². The molecule has 0 saturated heterocycles. The van der Waals surface area contributed by atoms with Crippen LogP contribution in [0.2, 0.25) is 0 Å². The highest BCUT2D eigenvalue weighted by Crippen LogP contribution is 2.40. The van der Waals surface area contributed by atoms with Crippen molar-refractivity contribution in [2.45, 2.75) is 105 Å². The van der Waals surface area contributed by atoms with Crippen molar-refractivity contribution in [1.29, 1.82) is 0 Å². The topological polar surface area (TPSA) is 65.7 Å². The fourth-order valence-electron chi connectivity index (χ4n) is 6.95. The van der Waals surface area contributed by atoms with Crippen LogP contribution in [0.5, 0.6) is 0 Å². The van der Waals surface area contributed by atoms with E-state index < -0.39 is 0 Å². The van der Waals surface area contributed by atoms with E-state index in [2.05, 4.69) is 142 Å². The molecule has 46 heavy (non-hydrogen) atoms. The number of hydrogen-bond acceptors (Lipinski definition) is 2. The molecule has 7 rings (SSSR count). The SMILES string of the molecule is CC(C)(C)c1cc2c(=O)c3cc(C(C)(C)C)cc4c5cc(C(C)(C)C)cc6c(=O)c7cc(C(C)(C)C)cc(c(c1)c2[nH]c34)c7[nH]c65. The van der Waals surface area contributed by atoms with Gasteiger partial charge in [-0.15, -0.1) is 0 Å². The van der Waals surface area contributed by atoms with Gasteiger partial charge in [0.25, 0.3) is 0 Å². The molecule has 4 bridgehead atoms. The molecule has 0 aliphatic carbocycles. The van der Waals surface area contributed by atoms with Crippen LogP contribution < -0.4 is 10.9 Å². The average Bonchev–Trinajstić information content (AvgIpc) is 2.93. The maximum Gasteiger partial charge on any atom is 0.197 e. The van der Waals surface area contributed by atoms with Crippen LogP contribution in [0.3, 0.4) is 0 Å². The Morgan fingerprint density at radius 2 is 0.500 bits per heavy atom. The summed E-state index contributed by atoms with van der Waals surface area (Å²) in [5, 5.41) is 6.45. The smallest absolute Gasteiger partial charge is 0.197 e. The van der Waals surface area contributed by atoms with Crippen LogP contribution in [-0.2, 0) is 21.7 Å². The molecule has 0 aliphatic heterocycles. The summed E-state index contributed by atoms with van der Waals surface area (Å²) < 4.78 is 0. The van der Waals surface area contributed by atoms with E-state index in [9.17, 15) is 9.59 Å². The third kappa shape index (κ3) is 4.47. The van der Waals surface area contributed by atoms with Crippen molar-refractivity contribution in [2.75, 3.05) is 0 Å². The first kappa shape index (κ1) is 30.5. The summed E-state index contributed by atoms with van der Waals surface area (Å²) in [6.07, 6.45) is 0. The summed E-state index contributed by atoms with van der Waals surface area (Å²) in [6, 6.07) is 17.2. The minimum absolute atomic E-state index is 0.0348. The lowest BCUT2D eigenvalue weighted by Crippen LogP contribution is -2.16. The van der Waals surface area contributed by atoms with Gasteiger partial charge in [-0.05, 0) is 92.4 Å². The van der Waals surface area contributed by atoms with Gasteiger partial charge in [0.2, 0.25) is 0 Å². The highest BCUT2D eigenvalue weighted by atomic mass is 16.1. The van der Waals surface area contributed by atoms with Crippen LogP contribution in [0.1, 0.15) is 105 Å². The van der Waals surface area contributed by atoms with Crippen molar-refractivity contribution >= 4 is 65.2 Å². The predicted octanol–water partition coefficient (Wildman–Crippen LogP) is 10.6. The fraction of sp³-hybridized carbons (Fsp3) is 0.381. The molecule has 0 spiro atoms. The maximum absolute atomic E-state index is 14.8. The van der Waals surface area contributed by atoms with Crippen molar-refractivity contribution < 1.29 is 0 Å². The molecule has 0 unspecified atom stereocenters. The zero-order valence-corrected chi connectivity index (χ0v) is 29.4. The molecular weight excluding hydrogens is 564 g/mol. The number of rotatable bonds is 0. The van der Waals surface area contributed by atoms with E-state index in [1.807, 2.05) is 0 Å². The molecule has 0 aliphatic rings. The number of aromatic amines is 2. The van der Waals surface area contributed by atoms with E-state index >= 15 is 0 Å². The fourth-order valence-corrected chi connectivity index (χ4v) is 6.95. The van der Waals surface area contributed by atoms with Gasteiger partial charge in [-0.2, -0.15) is 0 Å². The Kier molecular flexibility index (Phi) is 6.10. The molecule has 3 heterocycles. The van der Waals surface area contributed by atoms with E-state index in [1.54, 1.807) is 0 Å². The Balaban J connectivity index is 1.95. The number of benzene rings is 4. The Morgan fingerprint density at radius 3 is 0.674 bits per heavy atom. The van der Waals surface area contributed by atoms with Gasteiger partial charge < -0.3 is 9.97 Å². The molecule has 3 aromatic heterocycles. The molecule has 0 fully saturated rings. The van der Waals surface area contributed by atoms with Gasteiger partial charge >= 0.3 is 0 Å². The van der Waals surface area contributed by atoms with Crippen molar-refractivity contribution in [3.05, 3.63) is 91.2 Å². The Morgan fingerprint density at radius 1 is 0.326 bits per heavy atom. The van der Waals surface area contributed by atoms with E-state index in [-0.39, 0.29) is 32.5 Å². The molecule has 0 amide bonds. The minimum Gasteiger partial charge on any atom is -0.353 e. The number of hydrogen-bond donors (Lipinski definition) is 2. The van der Waals surface area contributed by atoms with Crippen LogP contribution in [-0.4, -0.2) is 9.97 Å². The first-order chi connectivity index (χ1) is 21.1. The molecular formula is C42H46N2O2. The molecule has 4 aromatic carbocycles. The molecule has 4 heteroatoms. The van der Waals surface area contributed by atoms with Crippen molar-refractivity contribution in [3.8, 4) is 0 Å². The number of fused-ring (bicyclic) bond motifs is 2. The van der Waals surface area contributed by atoms with Crippen LogP contribution in [0, 0.1) is 0 Å². The number of H-pyrrole nitrogens is 2. The summed E-state index contributed by atoms with van der Waals surface area (Å²) in [6.45, 7) is 26.2. The zero-order valence-electron chi connectivity index (χ0n) is 29.4. The number of aromatic nitrogens is 2. The van der Waals surface area contributed by atoms with Gasteiger partial charge in [0, 0.05) is 43.1 Å². The summed E-state index contributed by atoms with van der Waals surface area (Å²) in [5.41, 5.74) is 6.81. The van der Waals surface area contributed by atoms with E-state index in [0.717, 1.165) is 65.9 Å². The quantitative estimate of drug-likeness (QED) is 0.168. The van der Waals surface area contributed by atoms with Gasteiger partial charge in [-0.3, -0.25) is 9.59 Å². The lowest BCUT2D eigenvalue weighted by molar-refractivity contribution is 0.590. The largest absolute Gasteiger partial charge is 0.353 e. The Bertz CT molecular complexity index is 2190. The summed E-state index contributed by atoms with van der Waals surface area (Å²) in [4.78, 5) is 37.3. The van der Waals surface area contributed by atoms with Gasteiger partial charge in [-0.1, -0.05) is 83.1 Å². The third-order valence-electron chi connectivity index (χ3n) is 10.1. The third-order valence-corrected chi connectivity index (χ3v) is 10.1. The zero-order chi connectivity index (χ0) is 33.5. The highest BCUT2D eigenvalue weighted by Gasteiger charge is 2.25. The Labute approximate surface area is 270 Å². The highest BCUT2D eigenvalue weighted by molar-refractivity contribution is 6.21. The lowest BCUT2D eigenvalue weighted by Gasteiger charge is -2.25.